The van der Waals surface area contributed by atoms with Gasteiger partial charge in [-0.3, -0.25) is 0 Å². The molecule has 0 aliphatic carbocycles. The summed E-state index contributed by atoms with van der Waals surface area (Å²) >= 11 is 4.91. The third kappa shape index (κ3) is 2.94. The first-order chi connectivity index (χ1) is 8.16. The van der Waals surface area contributed by atoms with Crippen LogP contribution in [-0.2, 0) is 0 Å². The summed E-state index contributed by atoms with van der Waals surface area (Å²) in [4.78, 5) is 0.491. The molecule has 0 aromatic heterocycles. The first-order valence-electron chi connectivity index (χ1n) is 5.58. The molecule has 17 heavy (non-hydrogen) atoms. The summed E-state index contributed by atoms with van der Waals surface area (Å²) in [5.41, 5.74) is 5.54. The Labute approximate surface area is 106 Å². The standard InChI is InChI=1S/C14H15NOS/c1-10(14(15)17)9-16-13-7-6-11-4-2-3-5-12(11)8-13/h2-8,10H,9H2,1H3,(H2,15,17). The SMILES string of the molecule is CC(COc1ccc2ccccc2c1)C(N)=S. The number of fused-ring (bicyclic) bond motifs is 1. The molecule has 2 aromatic carbocycles. The van der Waals surface area contributed by atoms with Gasteiger partial charge in [0.1, 0.15) is 5.75 Å². The minimum Gasteiger partial charge on any atom is -0.493 e. The topological polar surface area (TPSA) is 35.2 Å². The second-order valence-corrected chi connectivity index (χ2v) is 4.59. The smallest absolute Gasteiger partial charge is 0.119 e. The highest BCUT2D eigenvalue weighted by atomic mass is 32.1. The molecular formula is C14H15NOS. The monoisotopic (exact) mass is 245 g/mol. The van der Waals surface area contributed by atoms with Gasteiger partial charge < -0.3 is 10.5 Å². The van der Waals surface area contributed by atoms with Gasteiger partial charge in [-0.2, -0.15) is 0 Å². The van der Waals surface area contributed by atoms with E-state index in [4.69, 9.17) is 22.7 Å². The summed E-state index contributed by atoms with van der Waals surface area (Å²) in [7, 11) is 0. The van der Waals surface area contributed by atoms with Crippen LogP contribution in [0.4, 0.5) is 0 Å². The maximum absolute atomic E-state index is 5.67. The molecule has 2 aromatic rings. The Hall–Kier alpha value is -1.61. The van der Waals surface area contributed by atoms with E-state index in [2.05, 4.69) is 18.2 Å². The minimum absolute atomic E-state index is 0.0940. The third-order valence-electron chi connectivity index (χ3n) is 2.71. The van der Waals surface area contributed by atoms with E-state index in [9.17, 15) is 0 Å². The van der Waals surface area contributed by atoms with Crippen LogP contribution in [0.2, 0.25) is 0 Å². The fourth-order valence-electron chi connectivity index (χ4n) is 1.56. The van der Waals surface area contributed by atoms with Crippen LogP contribution in [0.1, 0.15) is 6.92 Å². The molecule has 0 fully saturated rings. The summed E-state index contributed by atoms with van der Waals surface area (Å²) in [5.74, 6) is 0.947. The van der Waals surface area contributed by atoms with Crippen LogP contribution < -0.4 is 10.5 Å². The van der Waals surface area contributed by atoms with Crippen LogP contribution in [0.5, 0.6) is 5.75 Å². The quantitative estimate of drug-likeness (QED) is 0.840. The van der Waals surface area contributed by atoms with E-state index in [0.29, 0.717) is 11.6 Å². The molecule has 0 amide bonds. The van der Waals surface area contributed by atoms with Crippen molar-refractivity contribution in [2.45, 2.75) is 6.92 Å². The largest absolute Gasteiger partial charge is 0.493 e. The van der Waals surface area contributed by atoms with Crippen molar-refractivity contribution in [1.82, 2.24) is 0 Å². The molecule has 0 heterocycles. The molecule has 0 spiro atoms. The lowest BCUT2D eigenvalue weighted by Gasteiger charge is -2.12. The van der Waals surface area contributed by atoms with Crippen LogP contribution in [0.15, 0.2) is 42.5 Å². The molecule has 0 radical (unpaired) electrons. The third-order valence-corrected chi connectivity index (χ3v) is 3.11. The highest BCUT2D eigenvalue weighted by Crippen LogP contribution is 2.20. The number of rotatable bonds is 4. The first-order valence-corrected chi connectivity index (χ1v) is 5.98. The molecule has 2 N–H and O–H groups in total. The van der Waals surface area contributed by atoms with Gasteiger partial charge >= 0.3 is 0 Å². The molecule has 0 bridgehead atoms. The molecule has 1 unspecified atom stereocenters. The number of nitrogens with two attached hydrogens (primary N) is 1. The molecule has 2 rings (SSSR count). The number of thiocarbonyl (C=S) groups is 1. The van der Waals surface area contributed by atoms with Crippen molar-refractivity contribution >= 4 is 28.0 Å². The van der Waals surface area contributed by atoms with E-state index in [1.54, 1.807) is 0 Å². The van der Waals surface area contributed by atoms with E-state index in [-0.39, 0.29) is 5.92 Å². The van der Waals surface area contributed by atoms with Crippen molar-refractivity contribution in [3.63, 3.8) is 0 Å². The average molecular weight is 245 g/mol. The minimum atomic E-state index is 0.0940. The number of hydrogen-bond acceptors (Lipinski definition) is 2. The Morgan fingerprint density at radius 3 is 2.65 bits per heavy atom. The highest BCUT2D eigenvalue weighted by molar-refractivity contribution is 7.80. The fraction of sp³-hybridized carbons (Fsp3) is 0.214. The predicted molar refractivity (Wildman–Crippen MR) is 75.4 cm³/mol. The van der Waals surface area contributed by atoms with Crippen molar-refractivity contribution < 1.29 is 4.74 Å². The Kier molecular flexibility index (Phi) is 3.59. The maximum atomic E-state index is 5.67. The van der Waals surface area contributed by atoms with Crippen molar-refractivity contribution in [3.8, 4) is 5.75 Å². The van der Waals surface area contributed by atoms with Crippen LogP contribution in [-0.4, -0.2) is 11.6 Å². The van der Waals surface area contributed by atoms with Gasteiger partial charge in [-0.15, -0.1) is 0 Å². The summed E-state index contributed by atoms with van der Waals surface area (Å²) < 4.78 is 5.67. The van der Waals surface area contributed by atoms with Crippen molar-refractivity contribution in [1.29, 1.82) is 0 Å². The zero-order chi connectivity index (χ0) is 12.3. The normalized spacial score (nSPS) is 12.3. The highest BCUT2D eigenvalue weighted by Gasteiger charge is 2.06. The Morgan fingerprint density at radius 1 is 1.24 bits per heavy atom. The van der Waals surface area contributed by atoms with E-state index in [0.717, 1.165) is 5.75 Å². The molecule has 88 valence electrons. The molecule has 0 saturated heterocycles. The lowest BCUT2D eigenvalue weighted by molar-refractivity contribution is 0.294. The molecule has 1 atom stereocenters. The van der Waals surface area contributed by atoms with Crippen molar-refractivity contribution in [2.75, 3.05) is 6.61 Å². The average Bonchev–Trinajstić information content (AvgIpc) is 2.35. The molecular weight excluding hydrogens is 230 g/mol. The van der Waals surface area contributed by atoms with Crippen LogP contribution in [0.3, 0.4) is 0 Å². The Morgan fingerprint density at radius 2 is 1.94 bits per heavy atom. The van der Waals surface area contributed by atoms with E-state index >= 15 is 0 Å². The lowest BCUT2D eigenvalue weighted by atomic mass is 10.1. The number of hydrogen-bond donors (Lipinski definition) is 1. The fourth-order valence-corrected chi connectivity index (χ4v) is 1.63. The Balaban J connectivity index is 2.12. The van der Waals surface area contributed by atoms with Gasteiger partial charge in [0.05, 0.1) is 11.6 Å². The van der Waals surface area contributed by atoms with Crippen LogP contribution in [0, 0.1) is 5.92 Å². The van der Waals surface area contributed by atoms with Gasteiger partial charge in [0, 0.05) is 5.92 Å². The van der Waals surface area contributed by atoms with Crippen molar-refractivity contribution in [3.05, 3.63) is 42.5 Å². The number of benzene rings is 2. The van der Waals surface area contributed by atoms with Crippen LogP contribution >= 0.6 is 12.2 Å². The second-order valence-electron chi connectivity index (χ2n) is 4.12. The van der Waals surface area contributed by atoms with Crippen LogP contribution in [0.25, 0.3) is 10.8 Å². The second kappa shape index (κ2) is 5.15. The van der Waals surface area contributed by atoms with Gasteiger partial charge in [-0.05, 0) is 22.9 Å². The van der Waals surface area contributed by atoms with E-state index in [1.807, 2.05) is 31.2 Å². The summed E-state index contributed by atoms with van der Waals surface area (Å²) in [6.45, 7) is 2.48. The molecule has 3 heteroatoms. The summed E-state index contributed by atoms with van der Waals surface area (Å²) in [6.07, 6.45) is 0. The summed E-state index contributed by atoms with van der Waals surface area (Å²) in [6, 6.07) is 14.2. The Bertz CT molecular complexity index is 538. The number of ether oxygens (including phenoxy) is 1. The van der Waals surface area contributed by atoms with Gasteiger partial charge in [0.25, 0.3) is 0 Å². The zero-order valence-corrected chi connectivity index (χ0v) is 10.5. The van der Waals surface area contributed by atoms with E-state index < -0.39 is 0 Å². The molecule has 0 aliphatic heterocycles. The van der Waals surface area contributed by atoms with Gasteiger partial charge in [-0.25, -0.2) is 0 Å². The molecule has 2 nitrogen and oxygen atoms in total. The molecule has 0 aliphatic rings. The summed E-state index contributed by atoms with van der Waals surface area (Å²) in [5, 5.41) is 2.38. The van der Waals surface area contributed by atoms with E-state index in [1.165, 1.54) is 10.8 Å². The van der Waals surface area contributed by atoms with Gasteiger partial charge in [0.2, 0.25) is 0 Å². The van der Waals surface area contributed by atoms with Gasteiger partial charge in [0.15, 0.2) is 0 Å². The lowest BCUT2D eigenvalue weighted by Crippen LogP contribution is -2.23. The first kappa shape index (κ1) is 11.9. The zero-order valence-electron chi connectivity index (χ0n) is 9.72. The van der Waals surface area contributed by atoms with Gasteiger partial charge in [-0.1, -0.05) is 49.5 Å². The van der Waals surface area contributed by atoms with Crippen molar-refractivity contribution in [2.24, 2.45) is 11.7 Å². The maximum Gasteiger partial charge on any atom is 0.119 e. The predicted octanol–water partition coefficient (Wildman–Crippen LogP) is 3.14. The molecule has 0 saturated carbocycles.